The normalized spacial score (nSPS) is 11.9. The SMILES string of the molecule is Cc1nccn1-c1ccc(CNc2nc(C(F)(F)F)nc3nc[nH]c23)cc1F. The van der Waals surface area contributed by atoms with Crippen molar-refractivity contribution in [1.82, 2.24) is 29.5 Å². The van der Waals surface area contributed by atoms with Gasteiger partial charge in [0.2, 0.25) is 5.82 Å². The Kier molecular flexibility index (Phi) is 4.21. The molecule has 1 aromatic carbocycles. The lowest BCUT2D eigenvalue weighted by molar-refractivity contribution is -0.144. The average molecular weight is 391 g/mol. The smallest absolute Gasteiger partial charge is 0.364 e. The molecule has 0 bridgehead atoms. The molecule has 0 atom stereocenters. The number of aromatic amines is 1. The molecule has 0 fully saturated rings. The molecule has 11 heteroatoms. The molecule has 0 aliphatic rings. The van der Waals surface area contributed by atoms with Crippen LogP contribution in [0.1, 0.15) is 17.2 Å². The first kappa shape index (κ1) is 17.9. The van der Waals surface area contributed by atoms with Gasteiger partial charge in [0, 0.05) is 18.9 Å². The number of nitrogens with one attached hydrogen (secondary N) is 2. The van der Waals surface area contributed by atoms with Crippen molar-refractivity contribution in [2.45, 2.75) is 19.6 Å². The second-order valence-electron chi connectivity index (χ2n) is 5.98. The zero-order chi connectivity index (χ0) is 19.9. The Balaban J connectivity index is 1.61. The van der Waals surface area contributed by atoms with Crippen molar-refractivity contribution in [3.63, 3.8) is 0 Å². The Labute approximate surface area is 155 Å². The highest BCUT2D eigenvalue weighted by Crippen LogP contribution is 2.29. The summed E-state index contributed by atoms with van der Waals surface area (Å²) in [4.78, 5) is 17.4. The molecular weight excluding hydrogens is 378 g/mol. The van der Waals surface area contributed by atoms with Crippen LogP contribution in [0.5, 0.6) is 0 Å². The van der Waals surface area contributed by atoms with E-state index in [0.29, 0.717) is 17.1 Å². The minimum Gasteiger partial charge on any atom is -0.364 e. The van der Waals surface area contributed by atoms with Gasteiger partial charge in [0.1, 0.15) is 17.2 Å². The Morgan fingerprint density at radius 2 is 2.00 bits per heavy atom. The molecule has 4 rings (SSSR count). The first-order valence-corrected chi connectivity index (χ1v) is 8.14. The maximum absolute atomic E-state index is 14.5. The lowest BCUT2D eigenvalue weighted by Gasteiger charge is -2.11. The van der Waals surface area contributed by atoms with E-state index in [1.54, 1.807) is 36.0 Å². The highest BCUT2D eigenvalue weighted by molar-refractivity contribution is 5.82. The van der Waals surface area contributed by atoms with Gasteiger partial charge >= 0.3 is 6.18 Å². The minimum atomic E-state index is -4.71. The van der Waals surface area contributed by atoms with Crippen LogP contribution in [0.25, 0.3) is 16.9 Å². The fourth-order valence-electron chi connectivity index (χ4n) is 2.76. The number of benzene rings is 1. The fraction of sp³-hybridized carbons (Fsp3) is 0.176. The zero-order valence-corrected chi connectivity index (χ0v) is 14.4. The van der Waals surface area contributed by atoms with Crippen molar-refractivity contribution in [2.24, 2.45) is 0 Å². The first-order chi connectivity index (χ1) is 13.3. The number of halogens is 4. The van der Waals surface area contributed by atoms with Gasteiger partial charge in [0.05, 0.1) is 12.0 Å². The third-order valence-electron chi connectivity index (χ3n) is 4.10. The van der Waals surface area contributed by atoms with Crippen molar-refractivity contribution >= 4 is 17.0 Å². The summed E-state index contributed by atoms with van der Waals surface area (Å²) in [6.07, 6.45) is -0.278. The van der Waals surface area contributed by atoms with Crippen LogP contribution in [0.3, 0.4) is 0 Å². The number of H-pyrrole nitrogens is 1. The van der Waals surface area contributed by atoms with Crippen LogP contribution < -0.4 is 5.32 Å². The van der Waals surface area contributed by atoms with Gasteiger partial charge in [0.25, 0.3) is 0 Å². The molecule has 4 aromatic rings. The van der Waals surface area contributed by atoms with E-state index in [1.165, 1.54) is 12.4 Å². The summed E-state index contributed by atoms with van der Waals surface area (Å²) in [7, 11) is 0. The van der Waals surface area contributed by atoms with E-state index in [1.807, 2.05) is 0 Å². The summed E-state index contributed by atoms with van der Waals surface area (Å²) in [5.74, 6) is -1.21. The average Bonchev–Trinajstić information content (AvgIpc) is 3.27. The number of nitrogens with zero attached hydrogens (tertiary/aromatic N) is 5. The highest BCUT2D eigenvalue weighted by atomic mass is 19.4. The summed E-state index contributed by atoms with van der Waals surface area (Å²) in [6, 6.07) is 4.55. The van der Waals surface area contributed by atoms with E-state index in [9.17, 15) is 17.6 Å². The summed E-state index contributed by atoms with van der Waals surface area (Å²) in [5, 5.41) is 2.79. The molecule has 7 nitrogen and oxygen atoms in total. The Bertz CT molecular complexity index is 1150. The highest BCUT2D eigenvalue weighted by Gasteiger charge is 2.36. The molecule has 0 unspecified atom stereocenters. The van der Waals surface area contributed by atoms with Gasteiger partial charge in [-0.05, 0) is 24.6 Å². The van der Waals surface area contributed by atoms with Crippen LogP contribution in [0.4, 0.5) is 23.4 Å². The number of hydrogen-bond donors (Lipinski definition) is 2. The van der Waals surface area contributed by atoms with Crippen LogP contribution in [0.15, 0.2) is 36.9 Å². The van der Waals surface area contributed by atoms with Crippen molar-refractivity contribution in [3.8, 4) is 5.69 Å². The van der Waals surface area contributed by atoms with E-state index < -0.39 is 17.8 Å². The van der Waals surface area contributed by atoms with E-state index in [4.69, 9.17) is 0 Å². The molecule has 0 saturated heterocycles. The second-order valence-corrected chi connectivity index (χ2v) is 5.98. The van der Waals surface area contributed by atoms with Gasteiger partial charge in [-0.15, -0.1) is 0 Å². The Morgan fingerprint density at radius 1 is 1.18 bits per heavy atom. The second kappa shape index (κ2) is 6.59. The lowest BCUT2D eigenvalue weighted by Crippen LogP contribution is -2.13. The van der Waals surface area contributed by atoms with Crippen molar-refractivity contribution < 1.29 is 17.6 Å². The summed E-state index contributed by atoms with van der Waals surface area (Å²) >= 11 is 0. The van der Waals surface area contributed by atoms with Gasteiger partial charge in [-0.25, -0.2) is 24.3 Å². The third kappa shape index (κ3) is 3.26. The summed E-state index contributed by atoms with van der Waals surface area (Å²) in [6.45, 7) is 1.81. The number of fused-ring (bicyclic) bond motifs is 1. The molecule has 0 saturated carbocycles. The monoisotopic (exact) mass is 391 g/mol. The number of anilines is 1. The van der Waals surface area contributed by atoms with Gasteiger partial charge in [0.15, 0.2) is 11.5 Å². The minimum absolute atomic E-state index is 0.0581. The maximum Gasteiger partial charge on any atom is 0.451 e. The van der Waals surface area contributed by atoms with Crippen molar-refractivity contribution in [3.05, 3.63) is 59.9 Å². The molecule has 0 aliphatic heterocycles. The quantitative estimate of drug-likeness (QED) is 0.519. The van der Waals surface area contributed by atoms with E-state index >= 15 is 0 Å². The number of imidazole rings is 2. The molecule has 0 amide bonds. The van der Waals surface area contributed by atoms with E-state index in [2.05, 4.69) is 30.2 Å². The molecule has 0 aliphatic carbocycles. The summed E-state index contributed by atoms with van der Waals surface area (Å²) < 4.78 is 55.0. The Hall–Kier alpha value is -3.50. The van der Waals surface area contributed by atoms with Gasteiger partial charge in [-0.3, -0.25) is 0 Å². The van der Waals surface area contributed by atoms with E-state index in [0.717, 1.165) is 0 Å². The predicted octanol–water partition coefficient (Wildman–Crippen LogP) is 3.62. The molecule has 144 valence electrons. The van der Waals surface area contributed by atoms with Crippen LogP contribution in [0.2, 0.25) is 0 Å². The van der Waals surface area contributed by atoms with Crippen molar-refractivity contribution in [1.29, 1.82) is 0 Å². The van der Waals surface area contributed by atoms with Gasteiger partial charge in [-0.1, -0.05) is 6.07 Å². The lowest BCUT2D eigenvalue weighted by atomic mass is 10.2. The van der Waals surface area contributed by atoms with Crippen LogP contribution >= 0.6 is 0 Å². The van der Waals surface area contributed by atoms with Crippen LogP contribution in [-0.4, -0.2) is 29.5 Å². The van der Waals surface area contributed by atoms with E-state index in [-0.39, 0.29) is 23.5 Å². The van der Waals surface area contributed by atoms with Crippen LogP contribution in [0, 0.1) is 12.7 Å². The molecule has 3 aromatic heterocycles. The van der Waals surface area contributed by atoms with Crippen LogP contribution in [-0.2, 0) is 12.7 Å². The predicted molar refractivity (Wildman–Crippen MR) is 92.3 cm³/mol. The Morgan fingerprint density at radius 3 is 2.68 bits per heavy atom. The summed E-state index contributed by atoms with van der Waals surface area (Å²) in [5.41, 5.74) is 0.982. The number of alkyl halides is 3. The van der Waals surface area contributed by atoms with Gasteiger partial charge < -0.3 is 14.9 Å². The van der Waals surface area contributed by atoms with Gasteiger partial charge in [-0.2, -0.15) is 13.2 Å². The van der Waals surface area contributed by atoms with Crippen molar-refractivity contribution in [2.75, 3.05) is 5.32 Å². The zero-order valence-electron chi connectivity index (χ0n) is 14.4. The maximum atomic E-state index is 14.5. The standard InChI is InChI=1S/C17H13F4N7/c1-9-22-4-5-28(9)12-3-2-10(6-11(12)18)7-23-14-13-15(25-8-24-13)27-16(26-14)17(19,20)21/h2-6,8H,7H2,1H3,(H2,23,24,25,26,27). The topological polar surface area (TPSA) is 84.3 Å². The third-order valence-corrected chi connectivity index (χ3v) is 4.10. The molecule has 28 heavy (non-hydrogen) atoms. The first-order valence-electron chi connectivity index (χ1n) is 8.14. The number of aromatic nitrogens is 6. The number of aryl methyl sites for hydroxylation is 1. The largest absolute Gasteiger partial charge is 0.451 e. The number of hydrogen-bond acceptors (Lipinski definition) is 5. The molecular formula is C17H13F4N7. The molecule has 0 radical (unpaired) electrons. The number of rotatable bonds is 4. The molecule has 2 N–H and O–H groups in total. The molecule has 3 heterocycles. The fourth-order valence-corrected chi connectivity index (χ4v) is 2.76. The molecule has 0 spiro atoms.